The number of carbonyl (C=O) groups excluding carboxylic acids is 2. The van der Waals surface area contributed by atoms with Crippen molar-refractivity contribution in [3.05, 3.63) is 65.2 Å². The van der Waals surface area contributed by atoms with Crippen LogP contribution in [0.5, 0.6) is 0 Å². The van der Waals surface area contributed by atoms with E-state index in [2.05, 4.69) is 5.32 Å². The van der Waals surface area contributed by atoms with Crippen LogP contribution in [0.25, 0.3) is 0 Å². The number of sulfonamides is 1. The molecule has 0 aliphatic carbocycles. The van der Waals surface area contributed by atoms with Crippen molar-refractivity contribution in [3.63, 3.8) is 0 Å². The van der Waals surface area contributed by atoms with Crippen molar-refractivity contribution in [2.24, 2.45) is 0 Å². The van der Waals surface area contributed by atoms with E-state index in [-0.39, 0.29) is 12.5 Å². The molecule has 0 aliphatic rings. The van der Waals surface area contributed by atoms with Crippen molar-refractivity contribution in [2.75, 3.05) is 30.2 Å². The van der Waals surface area contributed by atoms with Gasteiger partial charge in [0.2, 0.25) is 21.8 Å². The highest BCUT2D eigenvalue weighted by Crippen LogP contribution is 2.24. The number of nitrogens with zero attached hydrogens (tertiary/aromatic N) is 2. The van der Waals surface area contributed by atoms with Crippen molar-refractivity contribution in [1.82, 2.24) is 10.2 Å². The second-order valence-electron chi connectivity index (χ2n) is 8.70. The summed E-state index contributed by atoms with van der Waals surface area (Å²) in [5.74, 6) is -0.660. The fourth-order valence-electron chi connectivity index (χ4n) is 3.79. The lowest BCUT2D eigenvalue weighted by Crippen LogP contribution is -2.52. The number of hydrogen-bond donors (Lipinski definition) is 1. The Morgan fingerprint density at radius 3 is 2.32 bits per heavy atom. The Kier molecular flexibility index (Phi) is 10.1. The maximum Gasteiger partial charge on any atom is 0.244 e. The zero-order valence-electron chi connectivity index (χ0n) is 20.9. The zero-order valence-corrected chi connectivity index (χ0v) is 21.7. The van der Waals surface area contributed by atoms with Crippen LogP contribution in [0.2, 0.25) is 0 Å². The van der Waals surface area contributed by atoms with E-state index in [0.29, 0.717) is 25.2 Å². The van der Waals surface area contributed by atoms with Gasteiger partial charge in [-0.1, -0.05) is 61.4 Å². The summed E-state index contributed by atoms with van der Waals surface area (Å²) in [6.45, 7) is 7.95. The lowest BCUT2D eigenvalue weighted by atomic mass is 10.1. The minimum absolute atomic E-state index is 0.243. The first-order valence-corrected chi connectivity index (χ1v) is 13.6. The van der Waals surface area contributed by atoms with Crippen LogP contribution < -0.4 is 9.62 Å². The van der Waals surface area contributed by atoms with Crippen LogP contribution >= 0.6 is 0 Å². The number of anilines is 1. The molecule has 8 heteroatoms. The molecule has 2 amide bonds. The van der Waals surface area contributed by atoms with Gasteiger partial charge in [0.05, 0.1) is 11.9 Å². The number of unbranched alkanes of at least 4 members (excludes halogenated alkanes) is 1. The molecule has 186 valence electrons. The average Bonchev–Trinajstić information content (AvgIpc) is 2.78. The van der Waals surface area contributed by atoms with Crippen LogP contribution in [0.15, 0.2) is 48.5 Å². The highest BCUT2D eigenvalue weighted by atomic mass is 32.2. The molecule has 0 fully saturated rings. The van der Waals surface area contributed by atoms with Gasteiger partial charge < -0.3 is 10.2 Å². The topological polar surface area (TPSA) is 86.8 Å². The summed E-state index contributed by atoms with van der Waals surface area (Å²) in [5.41, 5.74) is 3.26. The Balaban J connectivity index is 2.30. The highest BCUT2D eigenvalue weighted by Gasteiger charge is 2.30. The molecule has 0 saturated carbocycles. The molecule has 1 atom stereocenters. The number of benzene rings is 2. The van der Waals surface area contributed by atoms with E-state index < -0.39 is 22.0 Å². The number of nitrogens with one attached hydrogen (secondary N) is 1. The summed E-state index contributed by atoms with van der Waals surface area (Å²) in [6.07, 6.45) is 3.45. The molecule has 0 spiro atoms. The maximum absolute atomic E-state index is 13.5. The van der Waals surface area contributed by atoms with Crippen LogP contribution in [-0.4, -0.2) is 57.1 Å². The SMILES string of the molecule is CCCCNC(=O)C(C)N(CCc1ccccc1)C(=O)CN(c1ccc(C)cc1C)S(C)(=O)=O. The highest BCUT2D eigenvalue weighted by molar-refractivity contribution is 7.92. The summed E-state index contributed by atoms with van der Waals surface area (Å²) in [4.78, 5) is 27.8. The number of carbonyl (C=O) groups is 2. The first-order valence-electron chi connectivity index (χ1n) is 11.7. The number of rotatable bonds is 12. The van der Waals surface area contributed by atoms with E-state index in [1.807, 2.05) is 63.2 Å². The van der Waals surface area contributed by atoms with E-state index in [1.165, 1.54) is 4.90 Å². The summed E-state index contributed by atoms with van der Waals surface area (Å²) in [7, 11) is -3.73. The molecule has 1 unspecified atom stereocenters. The van der Waals surface area contributed by atoms with Crippen LogP contribution in [0, 0.1) is 13.8 Å². The lowest BCUT2D eigenvalue weighted by Gasteiger charge is -2.32. The van der Waals surface area contributed by atoms with Gasteiger partial charge in [0.1, 0.15) is 12.6 Å². The van der Waals surface area contributed by atoms with Gasteiger partial charge in [-0.2, -0.15) is 0 Å². The second kappa shape index (κ2) is 12.6. The van der Waals surface area contributed by atoms with Gasteiger partial charge in [0.15, 0.2) is 0 Å². The predicted molar refractivity (Wildman–Crippen MR) is 137 cm³/mol. The van der Waals surface area contributed by atoms with E-state index in [9.17, 15) is 18.0 Å². The fraction of sp³-hybridized carbons (Fsp3) is 0.462. The standard InChI is InChI=1S/C26H37N3O4S/c1-6-7-16-27-26(31)22(4)28(17-15-23-11-9-8-10-12-23)25(30)19-29(34(5,32)33)24-14-13-20(2)18-21(24)3/h8-14,18,22H,6-7,15-17,19H2,1-5H3,(H,27,31). The summed E-state index contributed by atoms with van der Waals surface area (Å²) >= 11 is 0. The zero-order chi connectivity index (χ0) is 25.3. The second-order valence-corrected chi connectivity index (χ2v) is 10.6. The lowest BCUT2D eigenvalue weighted by molar-refractivity contribution is -0.138. The summed E-state index contributed by atoms with van der Waals surface area (Å²) in [6, 6.07) is 14.4. The molecular formula is C26H37N3O4S. The third-order valence-corrected chi connectivity index (χ3v) is 6.91. The Hall–Kier alpha value is -2.87. The number of aryl methyl sites for hydroxylation is 2. The molecule has 7 nitrogen and oxygen atoms in total. The smallest absolute Gasteiger partial charge is 0.244 e. The van der Waals surface area contributed by atoms with Gasteiger partial charge in [-0.3, -0.25) is 13.9 Å². The maximum atomic E-state index is 13.5. The molecule has 1 N–H and O–H groups in total. The van der Waals surface area contributed by atoms with E-state index in [1.54, 1.807) is 13.0 Å². The third-order valence-electron chi connectivity index (χ3n) is 5.78. The van der Waals surface area contributed by atoms with Crippen molar-refractivity contribution in [3.8, 4) is 0 Å². The van der Waals surface area contributed by atoms with Crippen LogP contribution in [0.1, 0.15) is 43.4 Å². The monoisotopic (exact) mass is 487 g/mol. The van der Waals surface area contributed by atoms with Crippen molar-refractivity contribution < 1.29 is 18.0 Å². The first-order chi connectivity index (χ1) is 16.0. The minimum atomic E-state index is -3.73. The number of hydrogen-bond acceptors (Lipinski definition) is 4. The largest absolute Gasteiger partial charge is 0.354 e. The summed E-state index contributed by atoms with van der Waals surface area (Å²) < 4.78 is 26.4. The molecule has 2 aromatic rings. The Morgan fingerprint density at radius 1 is 1.06 bits per heavy atom. The van der Waals surface area contributed by atoms with Gasteiger partial charge in [0, 0.05) is 13.1 Å². The van der Waals surface area contributed by atoms with Crippen LogP contribution in [-0.2, 0) is 26.0 Å². The minimum Gasteiger partial charge on any atom is -0.354 e. The van der Waals surface area contributed by atoms with Crippen molar-refractivity contribution in [1.29, 1.82) is 0 Å². The van der Waals surface area contributed by atoms with Crippen LogP contribution in [0.3, 0.4) is 0 Å². The van der Waals surface area contributed by atoms with Gasteiger partial charge in [-0.25, -0.2) is 8.42 Å². The molecule has 0 saturated heterocycles. The van der Waals surface area contributed by atoms with Gasteiger partial charge in [-0.15, -0.1) is 0 Å². The van der Waals surface area contributed by atoms with E-state index in [4.69, 9.17) is 0 Å². The molecule has 0 radical (unpaired) electrons. The van der Waals surface area contributed by atoms with Crippen molar-refractivity contribution in [2.45, 2.75) is 53.0 Å². The van der Waals surface area contributed by atoms with Gasteiger partial charge >= 0.3 is 0 Å². The Bertz CT molecular complexity index is 1070. The molecule has 0 aromatic heterocycles. The third kappa shape index (κ3) is 7.87. The summed E-state index contributed by atoms with van der Waals surface area (Å²) in [5, 5.41) is 2.88. The number of amides is 2. The van der Waals surface area contributed by atoms with Gasteiger partial charge in [-0.05, 0) is 50.8 Å². The molecular weight excluding hydrogens is 450 g/mol. The normalized spacial score (nSPS) is 12.1. The molecule has 2 aromatic carbocycles. The predicted octanol–water partition coefficient (Wildman–Crippen LogP) is 3.45. The molecule has 34 heavy (non-hydrogen) atoms. The fourth-order valence-corrected chi connectivity index (χ4v) is 4.69. The first kappa shape index (κ1) is 27.4. The van der Waals surface area contributed by atoms with Gasteiger partial charge in [0.25, 0.3) is 0 Å². The van der Waals surface area contributed by atoms with E-state index in [0.717, 1.165) is 40.1 Å². The Morgan fingerprint density at radius 2 is 1.74 bits per heavy atom. The van der Waals surface area contributed by atoms with Crippen molar-refractivity contribution >= 4 is 27.5 Å². The Labute approximate surface area is 204 Å². The molecule has 0 bridgehead atoms. The molecule has 2 rings (SSSR count). The molecule has 0 aliphatic heterocycles. The van der Waals surface area contributed by atoms with Crippen LogP contribution in [0.4, 0.5) is 5.69 Å². The average molecular weight is 488 g/mol. The quantitative estimate of drug-likeness (QED) is 0.465. The van der Waals surface area contributed by atoms with E-state index >= 15 is 0 Å². The molecule has 0 heterocycles.